The molecule has 2 aromatic carbocycles. The minimum absolute atomic E-state index is 0.106. The van der Waals surface area contributed by atoms with Gasteiger partial charge >= 0.3 is 0 Å². The summed E-state index contributed by atoms with van der Waals surface area (Å²) >= 11 is 0. The Balaban J connectivity index is 1.45. The predicted octanol–water partition coefficient (Wildman–Crippen LogP) is 7.56. The Labute approximate surface area is 308 Å². The van der Waals surface area contributed by atoms with E-state index in [4.69, 9.17) is 18.6 Å². The molecule has 284 valence electrons. The molecular formula is C42H58N2O8. The Bertz CT molecular complexity index is 1800. The summed E-state index contributed by atoms with van der Waals surface area (Å²) in [6.45, 7) is 15.2. The second-order valence-corrected chi connectivity index (χ2v) is 14.8. The fourth-order valence-corrected chi connectivity index (χ4v) is 7.52. The van der Waals surface area contributed by atoms with Crippen LogP contribution in [0.2, 0.25) is 0 Å². The average molecular weight is 719 g/mol. The topological polar surface area (TPSA) is 122 Å². The lowest BCUT2D eigenvalue weighted by molar-refractivity contribution is -0.140. The van der Waals surface area contributed by atoms with Gasteiger partial charge in [-0.2, -0.15) is 0 Å². The van der Waals surface area contributed by atoms with Crippen LogP contribution in [0, 0.1) is 0 Å². The highest BCUT2D eigenvalue weighted by molar-refractivity contribution is 5.97. The molecule has 0 amide bonds. The van der Waals surface area contributed by atoms with E-state index in [1.165, 1.54) is 12.8 Å². The normalized spacial score (nSPS) is 17.9. The van der Waals surface area contributed by atoms with E-state index in [9.17, 15) is 19.8 Å². The minimum Gasteiger partial charge on any atom is -0.507 e. The second-order valence-electron chi connectivity index (χ2n) is 14.8. The number of benzene rings is 2. The lowest BCUT2D eigenvalue weighted by Crippen LogP contribution is -2.32. The number of carbonyl (C=O) groups excluding carboxylic acids is 1. The van der Waals surface area contributed by atoms with E-state index in [1.807, 2.05) is 39.8 Å². The van der Waals surface area contributed by atoms with Gasteiger partial charge in [-0.15, -0.1) is 0 Å². The first-order chi connectivity index (χ1) is 25.1. The maximum Gasteiger partial charge on any atom is 0.294 e. The molecule has 2 fully saturated rings. The Morgan fingerprint density at radius 3 is 2.00 bits per heavy atom. The molecule has 0 bridgehead atoms. The van der Waals surface area contributed by atoms with Gasteiger partial charge < -0.3 is 33.7 Å². The molecule has 2 atom stereocenters. The van der Waals surface area contributed by atoms with E-state index in [-0.39, 0.29) is 35.0 Å². The molecule has 2 aliphatic rings. The van der Waals surface area contributed by atoms with Crippen molar-refractivity contribution in [1.29, 1.82) is 0 Å². The van der Waals surface area contributed by atoms with Crippen LogP contribution in [0.25, 0.3) is 21.9 Å². The number of phenols is 1. The molecule has 0 unspecified atom stereocenters. The third-order valence-electron chi connectivity index (χ3n) is 10.5. The van der Waals surface area contributed by atoms with Crippen molar-refractivity contribution in [2.75, 3.05) is 39.4 Å². The third-order valence-corrected chi connectivity index (χ3v) is 10.5. The fraction of sp³-hybridized carbons (Fsp3) is 0.571. The molecule has 2 saturated heterocycles. The maximum absolute atomic E-state index is 14.4. The van der Waals surface area contributed by atoms with Crippen molar-refractivity contribution in [2.45, 2.75) is 118 Å². The zero-order valence-corrected chi connectivity index (χ0v) is 31.8. The van der Waals surface area contributed by atoms with E-state index < -0.39 is 0 Å². The molecule has 10 nitrogen and oxygen atoms in total. The highest BCUT2D eigenvalue weighted by atomic mass is 16.5. The largest absolute Gasteiger partial charge is 0.507 e. The van der Waals surface area contributed by atoms with Crippen molar-refractivity contribution in [3.63, 3.8) is 0 Å². The van der Waals surface area contributed by atoms with Gasteiger partial charge in [0.1, 0.15) is 33.8 Å². The number of hydrogen-bond donors (Lipinski definition) is 2. The van der Waals surface area contributed by atoms with Crippen LogP contribution in [-0.4, -0.2) is 78.1 Å². The van der Waals surface area contributed by atoms with Gasteiger partial charge in [-0.25, -0.2) is 0 Å². The van der Waals surface area contributed by atoms with Gasteiger partial charge in [0.2, 0.25) is 5.43 Å². The summed E-state index contributed by atoms with van der Waals surface area (Å²) in [5.41, 5.74) is 4.08. The summed E-state index contributed by atoms with van der Waals surface area (Å²) in [7, 11) is 0. The maximum atomic E-state index is 14.4. The predicted molar refractivity (Wildman–Crippen MR) is 205 cm³/mol. The van der Waals surface area contributed by atoms with Crippen molar-refractivity contribution in [3.05, 3.63) is 62.3 Å². The van der Waals surface area contributed by atoms with Gasteiger partial charge in [0.15, 0.2) is 6.23 Å². The van der Waals surface area contributed by atoms with Crippen LogP contribution in [0.15, 0.2) is 44.6 Å². The molecule has 5 rings (SSSR count). The number of unbranched alkanes of at least 4 members (excludes halogenated alkanes) is 2. The van der Waals surface area contributed by atoms with Crippen LogP contribution < -0.4 is 14.9 Å². The van der Waals surface area contributed by atoms with Crippen LogP contribution >= 0.6 is 0 Å². The van der Waals surface area contributed by atoms with Crippen molar-refractivity contribution >= 4 is 28.4 Å². The number of rotatable bonds is 19. The molecule has 3 heterocycles. The summed E-state index contributed by atoms with van der Waals surface area (Å²) < 4.78 is 24.3. The van der Waals surface area contributed by atoms with Gasteiger partial charge in [-0.05, 0) is 117 Å². The second kappa shape index (κ2) is 18.8. The summed E-state index contributed by atoms with van der Waals surface area (Å²) in [4.78, 5) is 30.0. The highest BCUT2D eigenvalue weighted by Gasteiger charge is 2.26. The third kappa shape index (κ3) is 9.57. The molecule has 1 aromatic heterocycles. The first kappa shape index (κ1) is 39.3. The molecule has 2 aliphatic heterocycles. The van der Waals surface area contributed by atoms with Crippen LogP contribution in [0.3, 0.4) is 0 Å². The Kier molecular flexibility index (Phi) is 14.2. The molecular weight excluding hydrogens is 660 g/mol. The van der Waals surface area contributed by atoms with Gasteiger partial charge in [-0.1, -0.05) is 23.3 Å². The number of hydrogen-bond acceptors (Lipinski definition) is 10. The van der Waals surface area contributed by atoms with E-state index in [0.29, 0.717) is 77.7 Å². The lowest BCUT2D eigenvalue weighted by atomic mass is 9.95. The highest BCUT2D eigenvalue weighted by Crippen LogP contribution is 2.39. The Morgan fingerprint density at radius 2 is 1.40 bits per heavy atom. The number of ether oxygens (including phenoxy) is 3. The van der Waals surface area contributed by atoms with Crippen molar-refractivity contribution < 1.29 is 33.6 Å². The smallest absolute Gasteiger partial charge is 0.294 e. The first-order valence-corrected chi connectivity index (χ1v) is 19.1. The van der Waals surface area contributed by atoms with Crippen molar-refractivity contribution in [1.82, 2.24) is 9.80 Å². The molecule has 3 aromatic rings. The van der Waals surface area contributed by atoms with E-state index in [2.05, 4.69) is 16.7 Å². The molecule has 10 heteroatoms. The van der Waals surface area contributed by atoms with Gasteiger partial charge in [0, 0.05) is 42.4 Å². The molecule has 0 aliphatic carbocycles. The number of fused-ring (bicyclic) bond motifs is 2. The molecule has 0 spiro atoms. The SMILES string of the molecule is CC(C)=CCc1c(OCCCCN2CCC[C@@H]2C)cc2oc3cc(OCCCCN4CCC[C@@H]4OC=O)c(CO)c(CC=C(C)C)c3c(=O)c2c1O. The van der Waals surface area contributed by atoms with Crippen LogP contribution in [-0.2, 0) is 29.0 Å². The standard InChI is InChI=1S/C42H58N2O8/c1-28(2)14-16-31-33(26-45)35(50-23-9-7-19-44-21-11-13-38(44)51-27-46)25-36-39(31)42(48)40-37(52-36)24-34(32(41(40)47)17-15-29(3)4)49-22-8-6-18-43-20-10-12-30(43)5/h14-15,24-25,27,30,38,45,47H,6-13,16-23,26H2,1-5H3/t30-,38-/m0/s1. The van der Waals surface area contributed by atoms with E-state index >= 15 is 0 Å². The number of carbonyl (C=O) groups is 1. The summed E-state index contributed by atoms with van der Waals surface area (Å²) in [6.07, 6.45) is 12.5. The fourth-order valence-electron chi connectivity index (χ4n) is 7.52. The average Bonchev–Trinajstić information content (AvgIpc) is 3.73. The number of allylic oxidation sites excluding steroid dienone is 4. The quantitative estimate of drug-likeness (QED) is 0.0556. The van der Waals surface area contributed by atoms with Crippen LogP contribution in [0.1, 0.15) is 103 Å². The van der Waals surface area contributed by atoms with E-state index in [1.54, 1.807) is 12.1 Å². The number of likely N-dealkylation sites (tertiary alicyclic amines) is 2. The van der Waals surface area contributed by atoms with Gasteiger partial charge in [0.25, 0.3) is 6.47 Å². The number of aromatic hydroxyl groups is 1. The van der Waals surface area contributed by atoms with Crippen LogP contribution in [0.4, 0.5) is 0 Å². The summed E-state index contributed by atoms with van der Waals surface area (Å²) in [5, 5.41) is 22.8. The zero-order valence-electron chi connectivity index (χ0n) is 31.8. The molecule has 2 N–H and O–H groups in total. The summed E-state index contributed by atoms with van der Waals surface area (Å²) in [5.74, 6) is 0.835. The molecule has 0 saturated carbocycles. The monoisotopic (exact) mass is 718 g/mol. The zero-order chi connectivity index (χ0) is 37.2. The Hall–Kier alpha value is -3.86. The van der Waals surface area contributed by atoms with Crippen LogP contribution in [0.5, 0.6) is 17.2 Å². The minimum atomic E-state index is -0.352. The number of phenolic OH excluding ortho intramolecular Hbond substituents is 1. The number of aliphatic hydroxyl groups excluding tert-OH is 1. The molecule has 52 heavy (non-hydrogen) atoms. The lowest BCUT2D eigenvalue weighted by Gasteiger charge is -2.22. The number of nitrogens with zero attached hydrogens (tertiary/aromatic N) is 2. The first-order valence-electron chi connectivity index (χ1n) is 19.1. The Morgan fingerprint density at radius 1 is 0.827 bits per heavy atom. The van der Waals surface area contributed by atoms with Crippen molar-refractivity contribution in [3.8, 4) is 17.2 Å². The van der Waals surface area contributed by atoms with Gasteiger partial charge in [-0.3, -0.25) is 14.5 Å². The van der Waals surface area contributed by atoms with Crippen molar-refractivity contribution in [2.24, 2.45) is 0 Å². The van der Waals surface area contributed by atoms with E-state index in [0.717, 1.165) is 75.9 Å². The summed E-state index contributed by atoms with van der Waals surface area (Å²) in [6, 6.07) is 4.06. The molecule has 0 radical (unpaired) electrons. The number of aliphatic hydroxyl groups is 1. The van der Waals surface area contributed by atoms with Gasteiger partial charge in [0.05, 0.1) is 25.2 Å².